The van der Waals surface area contributed by atoms with Crippen molar-refractivity contribution in [2.45, 2.75) is 18.2 Å². The van der Waals surface area contributed by atoms with Crippen LogP contribution in [0, 0.1) is 5.92 Å². The van der Waals surface area contributed by atoms with Gasteiger partial charge in [0.1, 0.15) is 0 Å². The summed E-state index contributed by atoms with van der Waals surface area (Å²) in [4.78, 5) is 11.6. The fourth-order valence-electron chi connectivity index (χ4n) is 1.88. The monoisotopic (exact) mass is 333 g/mol. The summed E-state index contributed by atoms with van der Waals surface area (Å²) in [6, 6.07) is 6.59. The van der Waals surface area contributed by atoms with E-state index in [4.69, 9.17) is 11.6 Å². The molecule has 0 heterocycles. The van der Waals surface area contributed by atoms with E-state index >= 15 is 0 Å². The summed E-state index contributed by atoms with van der Waals surface area (Å²) in [5.74, 6) is -0.470. The third kappa shape index (κ3) is 4.69. The molecule has 0 N–H and O–H groups in total. The number of halogens is 1. The first-order valence-electron chi connectivity index (χ1n) is 6.52. The van der Waals surface area contributed by atoms with Crippen LogP contribution in [0.2, 0.25) is 0 Å². The molecule has 0 bridgehead atoms. The third-order valence-electron chi connectivity index (χ3n) is 3.15. The van der Waals surface area contributed by atoms with Crippen molar-refractivity contribution in [3.05, 3.63) is 29.8 Å². The summed E-state index contributed by atoms with van der Waals surface area (Å²) < 4.78 is 30.5. The number of nitrogens with zero attached hydrogens (tertiary/aromatic N) is 1. The van der Waals surface area contributed by atoms with Crippen molar-refractivity contribution in [2.75, 3.05) is 26.6 Å². The molecule has 1 atom stereocenters. The summed E-state index contributed by atoms with van der Waals surface area (Å²) in [7, 11) is -0.888. The van der Waals surface area contributed by atoms with Gasteiger partial charge in [-0.3, -0.25) is 4.79 Å². The molecule has 1 aromatic carbocycles. The van der Waals surface area contributed by atoms with Gasteiger partial charge in [0.25, 0.3) is 0 Å². The topological polar surface area (TPSA) is 63.7 Å². The summed E-state index contributed by atoms with van der Waals surface area (Å²) in [6.07, 6.45) is 0.692. The maximum Gasteiger partial charge on any atom is 0.309 e. The van der Waals surface area contributed by atoms with E-state index in [1.54, 1.807) is 31.2 Å². The molecule has 118 valence electrons. The van der Waals surface area contributed by atoms with Gasteiger partial charge in [-0.1, -0.05) is 19.1 Å². The normalized spacial score (nSPS) is 13.2. The van der Waals surface area contributed by atoms with Crippen molar-refractivity contribution >= 4 is 27.6 Å². The summed E-state index contributed by atoms with van der Waals surface area (Å²) in [6.45, 7) is 1.69. The number of rotatable bonds is 7. The highest BCUT2D eigenvalue weighted by Crippen LogP contribution is 2.17. The van der Waals surface area contributed by atoms with E-state index in [0.717, 1.165) is 9.87 Å². The number of carbonyl (C=O) groups is 1. The van der Waals surface area contributed by atoms with Gasteiger partial charge in [0.15, 0.2) is 0 Å². The molecule has 0 radical (unpaired) electrons. The number of carbonyl (C=O) groups excluding carboxylic acids is 1. The number of benzene rings is 1. The largest absolute Gasteiger partial charge is 0.469 e. The standard InChI is InChI=1S/C14H20ClNO4S/c1-11(14(17)20-3)10-16(2)21(18,19)13-6-4-12(5-7-13)8-9-15/h4-7,11H,8-10H2,1-3H3. The molecular weight excluding hydrogens is 314 g/mol. The average molecular weight is 334 g/mol. The molecule has 0 aliphatic heterocycles. The molecule has 1 unspecified atom stereocenters. The smallest absolute Gasteiger partial charge is 0.309 e. The highest BCUT2D eigenvalue weighted by Gasteiger charge is 2.25. The number of aryl methyl sites for hydroxylation is 1. The zero-order valence-electron chi connectivity index (χ0n) is 12.4. The van der Waals surface area contributed by atoms with E-state index in [9.17, 15) is 13.2 Å². The molecule has 1 rings (SSSR count). The first-order valence-corrected chi connectivity index (χ1v) is 8.49. The third-order valence-corrected chi connectivity index (χ3v) is 5.18. The molecule has 0 aliphatic rings. The number of alkyl halides is 1. The lowest BCUT2D eigenvalue weighted by molar-refractivity contribution is -0.144. The van der Waals surface area contributed by atoms with Crippen LogP contribution in [0.3, 0.4) is 0 Å². The van der Waals surface area contributed by atoms with Gasteiger partial charge in [-0.15, -0.1) is 11.6 Å². The summed E-state index contributed by atoms with van der Waals surface area (Å²) in [5.41, 5.74) is 0.981. The minimum absolute atomic E-state index is 0.0679. The molecule has 0 saturated carbocycles. The lowest BCUT2D eigenvalue weighted by atomic mass is 10.2. The van der Waals surface area contributed by atoms with Crippen molar-refractivity contribution in [3.63, 3.8) is 0 Å². The second-order valence-electron chi connectivity index (χ2n) is 4.79. The molecule has 0 saturated heterocycles. The molecule has 5 nitrogen and oxygen atoms in total. The zero-order chi connectivity index (χ0) is 16.0. The van der Waals surface area contributed by atoms with Gasteiger partial charge in [-0.05, 0) is 24.1 Å². The van der Waals surface area contributed by atoms with Gasteiger partial charge >= 0.3 is 5.97 Å². The van der Waals surface area contributed by atoms with Crippen molar-refractivity contribution in [2.24, 2.45) is 5.92 Å². The molecule has 0 aromatic heterocycles. The Hall–Kier alpha value is -1.11. The minimum Gasteiger partial charge on any atom is -0.469 e. The van der Waals surface area contributed by atoms with E-state index in [0.29, 0.717) is 12.3 Å². The number of sulfonamides is 1. The zero-order valence-corrected chi connectivity index (χ0v) is 13.9. The Bertz CT molecular complexity index is 571. The second-order valence-corrected chi connectivity index (χ2v) is 7.22. The van der Waals surface area contributed by atoms with Crippen molar-refractivity contribution in [1.82, 2.24) is 4.31 Å². The predicted octanol–water partition coefficient (Wildman–Crippen LogP) is 1.90. The molecule has 0 amide bonds. The predicted molar refractivity (Wildman–Crippen MR) is 81.9 cm³/mol. The van der Waals surface area contributed by atoms with E-state index < -0.39 is 21.9 Å². The van der Waals surface area contributed by atoms with Crippen LogP contribution in [0.1, 0.15) is 12.5 Å². The molecule has 21 heavy (non-hydrogen) atoms. The van der Waals surface area contributed by atoms with Gasteiger partial charge in [-0.2, -0.15) is 0 Å². The summed E-state index contributed by atoms with van der Waals surface area (Å²) in [5, 5.41) is 0. The quantitative estimate of drug-likeness (QED) is 0.564. The van der Waals surface area contributed by atoms with Crippen LogP contribution < -0.4 is 0 Å². The number of methoxy groups -OCH3 is 1. The highest BCUT2D eigenvalue weighted by molar-refractivity contribution is 7.89. The second kappa shape index (κ2) is 7.77. The molecule has 0 aliphatic carbocycles. The van der Waals surface area contributed by atoms with Crippen LogP contribution in [0.25, 0.3) is 0 Å². The molecule has 0 fully saturated rings. The molecule has 0 spiro atoms. The van der Waals surface area contributed by atoms with Gasteiger partial charge < -0.3 is 4.74 Å². The van der Waals surface area contributed by atoms with Crippen molar-refractivity contribution in [3.8, 4) is 0 Å². The minimum atomic E-state index is -3.61. The molecular formula is C14H20ClNO4S. The van der Waals surface area contributed by atoms with Crippen molar-refractivity contribution in [1.29, 1.82) is 0 Å². The fraction of sp³-hybridized carbons (Fsp3) is 0.500. The number of hydrogen-bond donors (Lipinski definition) is 0. The van der Waals surface area contributed by atoms with E-state index in [1.165, 1.54) is 14.2 Å². The average Bonchev–Trinajstić information content (AvgIpc) is 2.47. The van der Waals surface area contributed by atoms with Crippen LogP contribution in [0.5, 0.6) is 0 Å². The van der Waals surface area contributed by atoms with E-state index in [2.05, 4.69) is 4.74 Å². The Morgan fingerprint density at radius 2 is 1.90 bits per heavy atom. The number of esters is 1. The van der Waals surface area contributed by atoms with E-state index in [-0.39, 0.29) is 11.4 Å². The maximum absolute atomic E-state index is 12.4. The van der Waals surface area contributed by atoms with Crippen LogP contribution in [-0.2, 0) is 26.0 Å². The van der Waals surface area contributed by atoms with Gasteiger partial charge in [0.2, 0.25) is 10.0 Å². The Balaban J connectivity index is 2.86. The maximum atomic E-state index is 12.4. The number of hydrogen-bond acceptors (Lipinski definition) is 4. The lowest BCUT2D eigenvalue weighted by Gasteiger charge is -2.20. The molecule has 1 aromatic rings. The Kier molecular flexibility index (Phi) is 6.64. The van der Waals surface area contributed by atoms with Crippen LogP contribution in [0.4, 0.5) is 0 Å². The Morgan fingerprint density at radius 3 is 2.38 bits per heavy atom. The highest BCUT2D eigenvalue weighted by atomic mass is 35.5. The Morgan fingerprint density at radius 1 is 1.33 bits per heavy atom. The summed E-state index contributed by atoms with van der Waals surface area (Å²) >= 11 is 5.65. The van der Waals surface area contributed by atoms with Crippen LogP contribution in [0.15, 0.2) is 29.2 Å². The van der Waals surface area contributed by atoms with Gasteiger partial charge in [0.05, 0.1) is 17.9 Å². The van der Waals surface area contributed by atoms with Crippen LogP contribution in [-0.4, -0.2) is 45.3 Å². The molecule has 7 heteroatoms. The van der Waals surface area contributed by atoms with Gasteiger partial charge in [-0.25, -0.2) is 12.7 Å². The SMILES string of the molecule is COC(=O)C(C)CN(C)S(=O)(=O)c1ccc(CCCl)cc1. The Labute approximate surface area is 130 Å². The fourth-order valence-corrected chi connectivity index (χ4v) is 3.35. The lowest BCUT2D eigenvalue weighted by Crippen LogP contribution is -2.34. The first kappa shape index (κ1) is 17.9. The van der Waals surface area contributed by atoms with Gasteiger partial charge in [0, 0.05) is 19.5 Å². The van der Waals surface area contributed by atoms with E-state index in [1.807, 2.05) is 0 Å². The first-order chi connectivity index (χ1) is 9.82. The van der Waals surface area contributed by atoms with Crippen molar-refractivity contribution < 1.29 is 17.9 Å². The number of ether oxygens (including phenoxy) is 1. The van der Waals surface area contributed by atoms with Crippen LogP contribution >= 0.6 is 11.6 Å².